The first kappa shape index (κ1) is 22.5. The second kappa shape index (κ2) is 10.7. The van der Waals surface area contributed by atoms with Crippen molar-refractivity contribution >= 4 is 11.8 Å². The van der Waals surface area contributed by atoms with Gasteiger partial charge < -0.3 is 25.4 Å². The van der Waals surface area contributed by atoms with Crippen molar-refractivity contribution in [1.82, 2.24) is 20.4 Å². The molecule has 1 aliphatic carbocycles. The maximum absolute atomic E-state index is 12.8. The van der Waals surface area contributed by atoms with Gasteiger partial charge in [0.25, 0.3) is 5.91 Å². The highest BCUT2D eigenvalue weighted by molar-refractivity contribution is 5.94. The molecule has 2 aliphatic rings. The van der Waals surface area contributed by atoms with Gasteiger partial charge in [-0.05, 0) is 44.5 Å². The van der Waals surface area contributed by atoms with E-state index in [1.807, 2.05) is 18.0 Å². The molecule has 3 rings (SSSR count). The van der Waals surface area contributed by atoms with Crippen LogP contribution in [0.1, 0.15) is 36.5 Å². The van der Waals surface area contributed by atoms with Crippen LogP contribution in [0.15, 0.2) is 24.3 Å². The molecule has 0 bridgehead atoms. The molecule has 1 saturated heterocycles. The maximum Gasteiger partial charge on any atom is 0.251 e. The molecule has 8 nitrogen and oxygen atoms in total. The molecule has 1 aromatic rings. The number of ether oxygens (including phenoxy) is 1. The van der Waals surface area contributed by atoms with Crippen LogP contribution in [-0.4, -0.2) is 91.3 Å². The van der Waals surface area contributed by atoms with Gasteiger partial charge >= 0.3 is 0 Å². The largest absolute Gasteiger partial charge is 0.492 e. The fourth-order valence-electron chi connectivity index (χ4n) is 4.33. The van der Waals surface area contributed by atoms with Gasteiger partial charge in [-0.15, -0.1) is 0 Å². The van der Waals surface area contributed by atoms with Crippen molar-refractivity contribution in [3.8, 4) is 5.75 Å². The SMILES string of the molecule is CNCCOc1cccc(C(=O)N[C@@H]2CCC[C@@H](N3CCN(C(C)=O)CC3)[C@@H]2O)c1. The Hall–Kier alpha value is -2.16. The molecule has 1 heterocycles. The zero-order chi connectivity index (χ0) is 21.5. The van der Waals surface area contributed by atoms with E-state index in [1.165, 1.54) is 0 Å². The van der Waals surface area contributed by atoms with Crippen molar-refractivity contribution in [2.24, 2.45) is 0 Å². The first-order chi connectivity index (χ1) is 14.5. The number of benzene rings is 1. The smallest absolute Gasteiger partial charge is 0.251 e. The molecule has 0 radical (unpaired) electrons. The standard InChI is InChI=1S/C22H34N4O4/c1-16(27)25-10-12-26(13-11-25)20-8-4-7-19(21(20)28)24-22(29)17-5-3-6-18(15-17)30-14-9-23-2/h3,5-6,15,19-21,23,28H,4,7-14H2,1-2H3,(H,24,29)/t19-,20-,21-/m1/s1. The van der Waals surface area contributed by atoms with Crippen LogP contribution in [0, 0.1) is 0 Å². The minimum Gasteiger partial charge on any atom is -0.492 e. The average molecular weight is 419 g/mol. The lowest BCUT2D eigenvalue weighted by Gasteiger charge is -2.45. The van der Waals surface area contributed by atoms with E-state index in [0.29, 0.717) is 31.0 Å². The number of carbonyl (C=O) groups excluding carboxylic acids is 2. The molecule has 3 N–H and O–H groups in total. The Balaban J connectivity index is 1.56. The van der Waals surface area contributed by atoms with E-state index < -0.39 is 6.10 Å². The number of aliphatic hydroxyl groups excluding tert-OH is 1. The number of nitrogens with zero attached hydrogens (tertiary/aromatic N) is 2. The summed E-state index contributed by atoms with van der Waals surface area (Å²) in [7, 11) is 1.86. The molecule has 166 valence electrons. The fourth-order valence-corrected chi connectivity index (χ4v) is 4.33. The van der Waals surface area contributed by atoms with Gasteiger partial charge in [0, 0.05) is 51.3 Å². The molecule has 1 saturated carbocycles. The lowest BCUT2D eigenvalue weighted by Crippen LogP contribution is -2.60. The molecule has 2 fully saturated rings. The van der Waals surface area contributed by atoms with Gasteiger partial charge in [0.1, 0.15) is 12.4 Å². The van der Waals surface area contributed by atoms with Crippen molar-refractivity contribution in [3.63, 3.8) is 0 Å². The van der Waals surface area contributed by atoms with E-state index in [4.69, 9.17) is 4.74 Å². The Morgan fingerprint density at radius 2 is 1.97 bits per heavy atom. The van der Waals surface area contributed by atoms with Gasteiger partial charge in [0.2, 0.25) is 5.91 Å². The van der Waals surface area contributed by atoms with E-state index in [0.717, 1.165) is 38.9 Å². The van der Waals surface area contributed by atoms with E-state index >= 15 is 0 Å². The number of hydrogen-bond acceptors (Lipinski definition) is 6. The second-order valence-corrected chi connectivity index (χ2v) is 8.09. The molecule has 1 aromatic carbocycles. The van der Waals surface area contributed by atoms with Gasteiger partial charge in [-0.25, -0.2) is 0 Å². The molecule has 2 amide bonds. The van der Waals surface area contributed by atoms with Crippen LogP contribution < -0.4 is 15.4 Å². The molecule has 0 unspecified atom stereocenters. The summed E-state index contributed by atoms with van der Waals surface area (Å²) in [5.74, 6) is 0.560. The third-order valence-electron chi connectivity index (χ3n) is 6.08. The Bertz CT molecular complexity index is 721. The minimum atomic E-state index is -0.623. The number of likely N-dealkylation sites (N-methyl/N-ethyl adjacent to an activating group) is 1. The topological polar surface area (TPSA) is 94.1 Å². The van der Waals surface area contributed by atoms with Crippen molar-refractivity contribution in [2.45, 2.75) is 44.4 Å². The zero-order valence-electron chi connectivity index (χ0n) is 18.0. The summed E-state index contributed by atoms with van der Waals surface area (Å²) in [5.41, 5.74) is 0.529. The normalized spacial score (nSPS) is 25.0. The summed E-state index contributed by atoms with van der Waals surface area (Å²) in [4.78, 5) is 28.5. The van der Waals surface area contributed by atoms with Gasteiger partial charge in [-0.3, -0.25) is 14.5 Å². The molecular weight excluding hydrogens is 384 g/mol. The third-order valence-corrected chi connectivity index (χ3v) is 6.08. The van der Waals surface area contributed by atoms with Crippen LogP contribution in [0.3, 0.4) is 0 Å². The summed E-state index contributed by atoms with van der Waals surface area (Å²) in [6, 6.07) is 6.86. The lowest BCUT2D eigenvalue weighted by molar-refractivity contribution is -0.131. The predicted molar refractivity (Wildman–Crippen MR) is 115 cm³/mol. The van der Waals surface area contributed by atoms with Crippen LogP contribution in [0.4, 0.5) is 0 Å². The highest BCUT2D eigenvalue weighted by Crippen LogP contribution is 2.25. The molecule has 30 heavy (non-hydrogen) atoms. The van der Waals surface area contributed by atoms with Gasteiger partial charge in [-0.1, -0.05) is 6.07 Å². The van der Waals surface area contributed by atoms with Crippen LogP contribution in [-0.2, 0) is 4.79 Å². The summed E-state index contributed by atoms with van der Waals surface area (Å²) in [6.45, 7) is 5.75. The number of rotatable bonds is 7. The molecule has 0 spiro atoms. The Kier molecular flexibility index (Phi) is 8.07. The first-order valence-corrected chi connectivity index (χ1v) is 10.9. The highest BCUT2D eigenvalue weighted by atomic mass is 16.5. The number of carbonyl (C=O) groups is 2. The number of amides is 2. The summed E-state index contributed by atoms with van der Waals surface area (Å²) in [6.07, 6.45) is 1.99. The van der Waals surface area contributed by atoms with Gasteiger partial charge in [-0.2, -0.15) is 0 Å². The number of hydrogen-bond donors (Lipinski definition) is 3. The van der Waals surface area contributed by atoms with E-state index in [2.05, 4.69) is 15.5 Å². The molecule has 0 aromatic heterocycles. The third kappa shape index (κ3) is 5.71. The summed E-state index contributed by atoms with van der Waals surface area (Å²) >= 11 is 0. The van der Waals surface area contributed by atoms with Crippen molar-refractivity contribution in [1.29, 1.82) is 0 Å². The quantitative estimate of drug-likeness (QED) is 0.557. The number of nitrogens with one attached hydrogen (secondary N) is 2. The molecular formula is C22H34N4O4. The summed E-state index contributed by atoms with van der Waals surface area (Å²) < 4.78 is 5.64. The van der Waals surface area contributed by atoms with Gasteiger partial charge in [0.15, 0.2) is 0 Å². The van der Waals surface area contributed by atoms with E-state index in [-0.39, 0.29) is 23.9 Å². The lowest BCUT2D eigenvalue weighted by atomic mass is 9.86. The highest BCUT2D eigenvalue weighted by Gasteiger charge is 2.37. The van der Waals surface area contributed by atoms with Gasteiger partial charge in [0.05, 0.1) is 12.1 Å². The molecule has 1 aliphatic heterocycles. The number of piperazine rings is 1. The van der Waals surface area contributed by atoms with E-state index in [9.17, 15) is 14.7 Å². The predicted octanol–water partition coefficient (Wildman–Crippen LogP) is 0.461. The molecule has 8 heteroatoms. The molecule has 3 atom stereocenters. The van der Waals surface area contributed by atoms with Crippen molar-refractivity contribution in [2.75, 3.05) is 46.4 Å². The Morgan fingerprint density at radius 1 is 1.20 bits per heavy atom. The second-order valence-electron chi connectivity index (χ2n) is 8.09. The number of aliphatic hydroxyl groups is 1. The first-order valence-electron chi connectivity index (χ1n) is 10.9. The van der Waals surface area contributed by atoms with Crippen LogP contribution in [0.2, 0.25) is 0 Å². The average Bonchev–Trinajstić information content (AvgIpc) is 2.75. The monoisotopic (exact) mass is 418 g/mol. The van der Waals surface area contributed by atoms with Crippen molar-refractivity contribution < 1.29 is 19.4 Å². The Labute approximate surface area is 178 Å². The minimum absolute atomic E-state index is 0.00868. The maximum atomic E-state index is 12.8. The van der Waals surface area contributed by atoms with Crippen LogP contribution >= 0.6 is 0 Å². The zero-order valence-corrected chi connectivity index (χ0v) is 18.0. The summed E-state index contributed by atoms with van der Waals surface area (Å²) in [5, 5.41) is 17.0. The van der Waals surface area contributed by atoms with Crippen LogP contribution in [0.25, 0.3) is 0 Å². The van der Waals surface area contributed by atoms with Crippen molar-refractivity contribution in [3.05, 3.63) is 29.8 Å². The van der Waals surface area contributed by atoms with Crippen LogP contribution in [0.5, 0.6) is 5.75 Å². The van der Waals surface area contributed by atoms with E-state index in [1.54, 1.807) is 25.1 Å². The Morgan fingerprint density at radius 3 is 2.67 bits per heavy atom. The fraction of sp³-hybridized carbons (Fsp3) is 0.636.